The lowest BCUT2D eigenvalue weighted by atomic mass is 9.94. The summed E-state index contributed by atoms with van der Waals surface area (Å²) in [4.78, 5) is 28.3. The summed E-state index contributed by atoms with van der Waals surface area (Å²) in [6.45, 7) is 5.29. The highest BCUT2D eigenvalue weighted by atomic mass is 16.2. The molecule has 0 radical (unpaired) electrons. The molecule has 2 aromatic heterocycles. The van der Waals surface area contributed by atoms with E-state index < -0.39 is 0 Å². The number of pyridine rings is 1. The van der Waals surface area contributed by atoms with E-state index in [1.54, 1.807) is 6.08 Å². The summed E-state index contributed by atoms with van der Waals surface area (Å²) in [5.41, 5.74) is 2.93. The summed E-state index contributed by atoms with van der Waals surface area (Å²) in [6, 6.07) is 17.7. The van der Waals surface area contributed by atoms with Crippen LogP contribution in [0.25, 0.3) is 6.08 Å². The van der Waals surface area contributed by atoms with Gasteiger partial charge in [0.05, 0.1) is 5.69 Å². The number of carbonyl (C=O) groups is 1. The lowest BCUT2D eigenvalue weighted by molar-refractivity contribution is -0.127. The number of hydrogen-bond acceptors (Lipinski definition) is 5. The van der Waals surface area contributed by atoms with Gasteiger partial charge in [0.25, 0.3) is 0 Å². The fourth-order valence-corrected chi connectivity index (χ4v) is 3.86. The topological polar surface area (TPSA) is 71.0 Å². The summed E-state index contributed by atoms with van der Waals surface area (Å²) >= 11 is 0. The Bertz CT molecular complexity index is 1080. The highest BCUT2D eigenvalue weighted by Gasteiger charge is 2.25. The van der Waals surface area contributed by atoms with Crippen molar-refractivity contribution in [2.45, 2.75) is 32.6 Å². The molecule has 0 spiro atoms. The third-order valence-corrected chi connectivity index (χ3v) is 5.37. The number of amides is 1. The molecule has 3 heterocycles. The van der Waals surface area contributed by atoms with Crippen LogP contribution < -0.4 is 5.32 Å². The van der Waals surface area contributed by atoms with Gasteiger partial charge < -0.3 is 10.2 Å². The van der Waals surface area contributed by atoms with Gasteiger partial charge in [0.1, 0.15) is 17.5 Å². The van der Waals surface area contributed by atoms with Gasteiger partial charge in [-0.3, -0.25) is 4.79 Å². The number of nitrogens with zero attached hydrogens (tertiary/aromatic N) is 4. The van der Waals surface area contributed by atoms with Crippen molar-refractivity contribution in [3.8, 4) is 0 Å². The summed E-state index contributed by atoms with van der Waals surface area (Å²) in [6.07, 6.45) is 5.50. The highest BCUT2D eigenvalue weighted by Crippen LogP contribution is 2.28. The molecule has 0 bridgehead atoms. The van der Waals surface area contributed by atoms with Crippen LogP contribution in [-0.4, -0.2) is 38.8 Å². The van der Waals surface area contributed by atoms with Crippen molar-refractivity contribution < 1.29 is 4.79 Å². The van der Waals surface area contributed by atoms with E-state index >= 15 is 0 Å². The predicted molar refractivity (Wildman–Crippen MR) is 123 cm³/mol. The minimum atomic E-state index is 0.0432. The highest BCUT2D eigenvalue weighted by molar-refractivity contribution is 5.91. The van der Waals surface area contributed by atoms with Crippen LogP contribution in [0.1, 0.15) is 41.5 Å². The Hall–Kier alpha value is -3.54. The lowest BCUT2D eigenvalue weighted by Crippen LogP contribution is -2.38. The van der Waals surface area contributed by atoms with Gasteiger partial charge in [0, 0.05) is 36.8 Å². The van der Waals surface area contributed by atoms with E-state index in [1.165, 1.54) is 0 Å². The second-order valence-corrected chi connectivity index (χ2v) is 7.88. The fourth-order valence-electron chi connectivity index (χ4n) is 3.86. The molecule has 0 unspecified atom stereocenters. The maximum atomic E-state index is 12.7. The first-order valence-electron chi connectivity index (χ1n) is 10.6. The van der Waals surface area contributed by atoms with Crippen molar-refractivity contribution >= 4 is 23.6 Å². The smallest absolute Gasteiger partial charge is 0.246 e. The van der Waals surface area contributed by atoms with E-state index in [2.05, 4.69) is 20.3 Å². The Labute approximate surface area is 183 Å². The van der Waals surface area contributed by atoms with Crippen molar-refractivity contribution in [3.05, 3.63) is 83.4 Å². The fraction of sp³-hybridized carbons (Fsp3) is 0.280. The normalized spacial score (nSPS) is 16.5. The summed E-state index contributed by atoms with van der Waals surface area (Å²) in [5, 5.41) is 3.28. The maximum absolute atomic E-state index is 12.7. The molecular weight excluding hydrogens is 386 g/mol. The number of rotatable bonds is 5. The molecule has 1 fully saturated rings. The van der Waals surface area contributed by atoms with Crippen LogP contribution in [0.4, 0.5) is 11.6 Å². The zero-order valence-electron chi connectivity index (χ0n) is 18.0. The monoisotopic (exact) mass is 413 g/mol. The standard InChI is InChI=1S/C25H27N5O/c1-18-8-6-12-23(26-18)29-24-16-22(27-19(2)28-24)21-11-7-15-30(17-21)25(31)14-13-20-9-4-3-5-10-20/h3-6,8-10,12-14,16,21H,7,11,15,17H2,1-2H3,(H,26,27,28,29)/b14-13+/t21-/m1/s1. The van der Waals surface area contributed by atoms with Crippen LogP contribution in [0.2, 0.25) is 0 Å². The lowest BCUT2D eigenvalue weighted by Gasteiger charge is -2.32. The Morgan fingerprint density at radius 2 is 1.87 bits per heavy atom. The third-order valence-electron chi connectivity index (χ3n) is 5.37. The van der Waals surface area contributed by atoms with Crippen LogP contribution in [0, 0.1) is 13.8 Å². The number of piperidine rings is 1. The first-order valence-corrected chi connectivity index (χ1v) is 10.6. The van der Waals surface area contributed by atoms with Gasteiger partial charge in [-0.2, -0.15) is 0 Å². The van der Waals surface area contributed by atoms with E-state index in [1.807, 2.05) is 79.4 Å². The number of benzene rings is 1. The van der Waals surface area contributed by atoms with Crippen molar-refractivity contribution in [1.82, 2.24) is 19.9 Å². The molecule has 1 amide bonds. The summed E-state index contributed by atoms with van der Waals surface area (Å²) in [7, 11) is 0. The minimum Gasteiger partial charge on any atom is -0.338 e. The first kappa shape index (κ1) is 20.7. The second kappa shape index (κ2) is 9.51. The molecule has 1 N–H and O–H groups in total. The Morgan fingerprint density at radius 1 is 1.03 bits per heavy atom. The second-order valence-electron chi connectivity index (χ2n) is 7.88. The van der Waals surface area contributed by atoms with Gasteiger partial charge in [-0.1, -0.05) is 36.4 Å². The molecule has 1 atom stereocenters. The van der Waals surface area contributed by atoms with E-state index in [0.29, 0.717) is 12.4 Å². The summed E-state index contributed by atoms with van der Waals surface area (Å²) < 4.78 is 0. The molecule has 31 heavy (non-hydrogen) atoms. The van der Waals surface area contributed by atoms with Gasteiger partial charge in [0.15, 0.2) is 0 Å². The molecule has 1 saturated heterocycles. The number of aromatic nitrogens is 3. The van der Waals surface area contributed by atoms with Gasteiger partial charge in [-0.05, 0) is 50.5 Å². The molecule has 158 valence electrons. The van der Waals surface area contributed by atoms with Gasteiger partial charge in [-0.15, -0.1) is 0 Å². The first-order chi connectivity index (χ1) is 15.1. The van der Waals surface area contributed by atoms with Crippen molar-refractivity contribution in [3.63, 3.8) is 0 Å². The number of aryl methyl sites for hydroxylation is 2. The molecule has 1 aliphatic heterocycles. The minimum absolute atomic E-state index is 0.0432. The molecule has 1 aromatic carbocycles. The maximum Gasteiger partial charge on any atom is 0.246 e. The molecular formula is C25H27N5O. The number of anilines is 2. The average molecular weight is 414 g/mol. The van der Waals surface area contributed by atoms with Crippen LogP contribution in [0.5, 0.6) is 0 Å². The quantitative estimate of drug-likeness (QED) is 0.617. The molecule has 0 aliphatic carbocycles. The molecule has 0 saturated carbocycles. The Morgan fingerprint density at radius 3 is 2.68 bits per heavy atom. The van der Waals surface area contributed by atoms with E-state index in [9.17, 15) is 4.79 Å². The zero-order valence-corrected chi connectivity index (χ0v) is 18.0. The largest absolute Gasteiger partial charge is 0.338 e. The van der Waals surface area contributed by atoms with E-state index in [4.69, 9.17) is 0 Å². The summed E-state index contributed by atoms with van der Waals surface area (Å²) in [5.74, 6) is 2.43. The van der Waals surface area contributed by atoms with Gasteiger partial charge in [-0.25, -0.2) is 15.0 Å². The molecule has 1 aliphatic rings. The van der Waals surface area contributed by atoms with E-state index in [-0.39, 0.29) is 11.8 Å². The Kier molecular flexibility index (Phi) is 6.36. The van der Waals surface area contributed by atoms with Crippen LogP contribution >= 0.6 is 0 Å². The Balaban J connectivity index is 1.47. The third kappa shape index (κ3) is 5.54. The molecule has 3 aromatic rings. The van der Waals surface area contributed by atoms with Crippen LogP contribution in [0.15, 0.2) is 60.7 Å². The SMILES string of the molecule is Cc1cccc(Nc2cc([C@@H]3CCCN(C(=O)/C=C/c4ccccc4)C3)nc(C)n2)n1. The van der Waals surface area contributed by atoms with Gasteiger partial charge in [0.2, 0.25) is 5.91 Å². The molecule has 6 heteroatoms. The average Bonchev–Trinajstić information content (AvgIpc) is 2.78. The predicted octanol–water partition coefficient (Wildman–Crippen LogP) is 4.65. The zero-order chi connectivity index (χ0) is 21.6. The van der Waals surface area contributed by atoms with Gasteiger partial charge >= 0.3 is 0 Å². The van der Waals surface area contributed by atoms with E-state index in [0.717, 1.165) is 48.0 Å². The number of carbonyl (C=O) groups excluding carboxylic acids is 1. The van der Waals surface area contributed by atoms with Crippen molar-refractivity contribution in [2.24, 2.45) is 0 Å². The molecule has 4 rings (SSSR count). The van der Waals surface area contributed by atoms with Crippen molar-refractivity contribution in [1.29, 1.82) is 0 Å². The van der Waals surface area contributed by atoms with Crippen LogP contribution in [-0.2, 0) is 4.79 Å². The number of nitrogens with one attached hydrogen (secondary N) is 1. The number of likely N-dealkylation sites (tertiary alicyclic amines) is 1. The van der Waals surface area contributed by atoms with Crippen molar-refractivity contribution in [2.75, 3.05) is 18.4 Å². The number of hydrogen-bond donors (Lipinski definition) is 1. The molecule has 6 nitrogen and oxygen atoms in total. The van der Waals surface area contributed by atoms with Crippen LogP contribution in [0.3, 0.4) is 0 Å².